The highest BCUT2D eigenvalue weighted by Gasteiger charge is 2.25. The number of halogens is 1. The molecule has 116 valence electrons. The van der Waals surface area contributed by atoms with Gasteiger partial charge in [-0.15, -0.1) is 0 Å². The van der Waals surface area contributed by atoms with E-state index < -0.39 is 11.8 Å². The molecule has 0 saturated carbocycles. The molecule has 1 saturated heterocycles. The minimum absolute atomic E-state index is 0.0115. The molecule has 22 heavy (non-hydrogen) atoms. The van der Waals surface area contributed by atoms with Crippen LogP contribution < -0.4 is 0 Å². The SMILES string of the molecule is Cn1c(C(=O)O)c(CC(=O)N2CCCC2)c2cc(F)ccc21. The number of hydrogen-bond acceptors (Lipinski definition) is 2. The second kappa shape index (κ2) is 5.44. The van der Waals surface area contributed by atoms with Crippen LogP contribution in [0.4, 0.5) is 4.39 Å². The molecule has 1 fully saturated rings. The number of rotatable bonds is 3. The van der Waals surface area contributed by atoms with Crippen LogP contribution in [0.3, 0.4) is 0 Å². The Balaban J connectivity index is 2.09. The van der Waals surface area contributed by atoms with Crippen molar-refractivity contribution < 1.29 is 19.1 Å². The van der Waals surface area contributed by atoms with Crippen LogP contribution in [0.5, 0.6) is 0 Å². The number of aryl methyl sites for hydroxylation is 1. The second-order valence-electron chi connectivity index (χ2n) is 5.62. The van der Waals surface area contributed by atoms with Crippen LogP contribution in [-0.4, -0.2) is 39.5 Å². The van der Waals surface area contributed by atoms with Gasteiger partial charge in [0.15, 0.2) is 0 Å². The highest BCUT2D eigenvalue weighted by Crippen LogP contribution is 2.27. The maximum Gasteiger partial charge on any atom is 0.352 e. The molecule has 1 aromatic carbocycles. The van der Waals surface area contributed by atoms with Crippen molar-refractivity contribution in [2.45, 2.75) is 19.3 Å². The van der Waals surface area contributed by atoms with Gasteiger partial charge in [-0.2, -0.15) is 0 Å². The molecule has 0 bridgehead atoms. The summed E-state index contributed by atoms with van der Waals surface area (Å²) in [6.07, 6.45) is 1.94. The molecular formula is C16H17FN2O3. The van der Waals surface area contributed by atoms with Gasteiger partial charge in [0.25, 0.3) is 0 Å². The Morgan fingerprint density at radius 1 is 1.27 bits per heavy atom. The molecule has 0 spiro atoms. The van der Waals surface area contributed by atoms with E-state index in [4.69, 9.17) is 0 Å². The first-order valence-corrected chi connectivity index (χ1v) is 7.27. The van der Waals surface area contributed by atoms with Crippen LogP contribution in [0, 0.1) is 5.82 Å². The predicted molar refractivity (Wildman–Crippen MR) is 79.4 cm³/mol. The Bertz CT molecular complexity index is 760. The summed E-state index contributed by atoms with van der Waals surface area (Å²) in [7, 11) is 1.62. The number of carboxylic acid groups (broad SMARTS) is 1. The zero-order valence-corrected chi connectivity index (χ0v) is 12.3. The highest BCUT2D eigenvalue weighted by molar-refractivity contribution is 6.00. The molecule has 3 rings (SSSR count). The van der Waals surface area contributed by atoms with Gasteiger partial charge < -0.3 is 14.6 Å². The summed E-state index contributed by atoms with van der Waals surface area (Å²) in [5.74, 6) is -1.65. The van der Waals surface area contributed by atoms with Crippen molar-refractivity contribution in [1.82, 2.24) is 9.47 Å². The van der Waals surface area contributed by atoms with Gasteiger partial charge in [0.2, 0.25) is 5.91 Å². The van der Waals surface area contributed by atoms with Crippen molar-refractivity contribution in [3.05, 3.63) is 35.3 Å². The minimum Gasteiger partial charge on any atom is -0.477 e. The van der Waals surface area contributed by atoms with E-state index >= 15 is 0 Å². The lowest BCUT2D eigenvalue weighted by Gasteiger charge is -2.15. The first kappa shape index (κ1) is 14.6. The van der Waals surface area contributed by atoms with Crippen LogP contribution in [0.15, 0.2) is 18.2 Å². The molecule has 0 atom stereocenters. The zero-order chi connectivity index (χ0) is 15.9. The number of aromatic carboxylic acids is 1. The molecule has 0 aliphatic carbocycles. The molecule has 6 heteroatoms. The predicted octanol–water partition coefficient (Wildman–Crippen LogP) is 2.18. The number of benzene rings is 1. The Morgan fingerprint density at radius 3 is 2.59 bits per heavy atom. The summed E-state index contributed by atoms with van der Waals surface area (Å²) < 4.78 is 15.0. The summed E-state index contributed by atoms with van der Waals surface area (Å²) in [5.41, 5.74) is 1.05. The maximum absolute atomic E-state index is 13.5. The van der Waals surface area contributed by atoms with Gasteiger partial charge in [-0.05, 0) is 31.0 Å². The van der Waals surface area contributed by atoms with Gasteiger partial charge in [-0.3, -0.25) is 4.79 Å². The summed E-state index contributed by atoms with van der Waals surface area (Å²) >= 11 is 0. The average molecular weight is 304 g/mol. The third kappa shape index (κ3) is 2.34. The topological polar surface area (TPSA) is 62.5 Å². The quantitative estimate of drug-likeness (QED) is 0.945. The molecule has 1 aromatic heterocycles. The van der Waals surface area contributed by atoms with Gasteiger partial charge in [-0.25, -0.2) is 9.18 Å². The number of aromatic nitrogens is 1. The van der Waals surface area contributed by atoms with E-state index in [1.54, 1.807) is 18.0 Å². The maximum atomic E-state index is 13.5. The number of carboxylic acids is 1. The lowest BCUT2D eigenvalue weighted by atomic mass is 10.1. The Morgan fingerprint density at radius 2 is 1.95 bits per heavy atom. The van der Waals surface area contributed by atoms with Crippen molar-refractivity contribution in [2.75, 3.05) is 13.1 Å². The number of amides is 1. The van der Waals surface area contributed by atoms with Gasteiger partial charge in [0, 0.05) is 36.6 Å². The molecule has 1 N–H and O–H groups in total. The van der Waals surface area contributed by atoms with Gasteiger partial charge in [-0.1, -0.05) is 0 Å². The number of carbonyl (C=O) groups is 2. The van der Waals surface area contributed by atoms with Crippen molar-refractivity contribution in [1.29, 1.82) is 0 Å². The van der Waals surface area contributed by atoms with Gasteiger partial charge in [0.1, 0.15) is 11.5 Å². The Hall–Kier alpha value is -2.37. The monoisotopic (exact) mass is 304 g/mol. The Labute approximate surface area is 126 Å². The largest absolute Gasteiger partial charge is 0.477 e. The number of hydrogen-bond donors (Lipinski definition) is 1. The highest BCUT2D eigenvalue weighted by atomic mass is 19.1. The van der Waals surface area contributed by atoms with Crippen LogP contribution in [-0.2, 0) is 18.3 Å². The smallest absolute Gasteiger partial charge is 0.352 e. The summed E-state index contributed by atoms with van der Waals surface area (Å²) in [5, 5.41) is 9.95. The molecule has 2 aromatic rings. The van der Waals surface area contributed by atoms with E-state index in [-0.39, 0.29) is 18.0 Å². The standard InChI is InChI=1S/C16H17FN2O3/c1-18-13-5-4-10(17)8-11(13)12(15(18)16(21)22)9-14(20)19-6-2-3-7-19/h4-5,8H,2-3,6-7,9H2,1H3,(H,21,22). The molecule has 1 aliphatic rings. The van der Waals surface area contributed by atoms with Crippen LogP contribution in [0.25, 0.3) is 10.9 Å². The van der Waals surface area contributed by atoms with E-state index in [9.17, 15) is 19.1 Å². The lowest BCUT2D eigenvalue weighted by molar-refractivity contribution is -0.129. The van der Waals surface area contributed by atoms with Crippen molar-refractivity contribution in [3.8, 4) is 0 Å². The van der Waals surface area contributed by atoms with E-state index in [0.717, 1.165) is 12.8 Å². The lowest BCUT2D eigenvalue weighted by Crippen LogP contribution is -2.29. The van der Waals surface area contributed by atoms with Crippen LogP contribution in [0.2, 0.25) is 0 Å². The number of fused-ring (bicyclic) bond motifs is 1. The third-order valence-corrected chi connectivity index (χ3v) is 4.26. The average Bonchev–Trinajstić information content (AvgIpc) is 3.07. The number of nitrogens with zero attached hydrogens (tertiary/aromatic N) is 2. The van der Waals surface area contributed by atoms with Crippen molar-refractivity contribution >= 4 is 22.8 Å². The van der Waals surface area contributed by atoms with E-state index in [1.807, 2.05) is 0 Å². The molecule has 0 unspecified atom stereocenters. The summed E-state index contributed by atoms with van der Waals surface area (Å²) in [4.78, 5) is 25.7. The first-order valence-electron chi connectivity index (χ1n) is 7.27. The normalized spacial score (nSPS) is 14.7. The molecule has 2 heterocycles. The molecular weight excluding hydrogens is 287 g/mol. The fourth-order valence-electron chi connectivity index (χ4n) is 3.17. The molecule has 5 nitrogen and oxygen atoms in total. The number of carbonyl (C=O) groups excluding carboxylic acids is 1. The molecule has 1 aliphatic heterocycles. The van der Waals surface area contributed by atoms with Gasteiger partial charge in [0.05, 0.1) is 6.42 Å². The molecule has 1 amide bonds. The van der Waals surface area contributed by atoms with E-state index in [0.29, 0.717) is 29.6 Å². The summed E-state index contributed by atoms with van der Waals surface area (Å²) in [6, 6.07) is 4.13. The Kier molecular flexibility index (Phi) is 3.60. The third-order valence-electron chi connectivity index (χ3n) is 4.26. The van der Waals surface area contributed by atoms with Gasteiger partial charge >= 0.3 is 5.97 Å². The van der Waals surface area contributed by atoms with E-state index in [1.165, 1.54) is 16.7 Å². The molecule has 0 radical (unpaired) electrons. The van der Waals surface area contributed by atoms with Crippen molar-refractivity contribution in [3.63, 3.8) is 0 Å². The number of likely N-dealkylation sites (tertiary alicyclic amines) is 1. The van der Waals surface area contributed by atoms with Crippen LogP contribution in [0.1, 0.15) is 28.9 Å². The van der Waals surface area contributed by atoms with Crippen molar-refractivity contribution in [2.24, 2.45) is 7.05 Å². The summed E-state index contributed by atoms with van der Waals surface area (Å²) in [6.45, 7) is 1.42. The van der Waals surface area contributed by atoms with E-state index in [2.05, 4.69) is 0 Å². The second-order valence-corrected chi connectivity index (χ2v) is 5.62. The first-order chi connectivity index (χ1) is 10.5. The van der Waals surface area contributed by atoms with Crippen LogP contribution >= 0.6 is 0 Å². The fraction of sp³-hybridized carbons (Fsp3) is 0.375. The fourth-order valence-corrected chi connectivity index (χ4v) is 3.17. The zero-order valence-electron chi connectivity index (χ0n) is 12.3. The minimum atomic E-state index is -1.11.